The van der Waals surface area contributed by atoms with Crippen molar-refractivity contribution in [3.63, 3.8) is 0 Å². The summed E-state index contributed by atoms with van der Waals surface area (Å²) in [6.07, 6.45) is 2.79. The summed E-state index contributed by atoms with van der Waals surface area (Å²) in [4.78, 5) is 0. The summed E-state index contributed by atoms with van der Waals surface area (Å²) >= 11 is 0. The molecule has 5 nitrogen and oxygen atoms in total. The first-order valence-electron chi connectivity index (χ1n) is 7.72. The third-order valence-corrected chi connectivity index (χ3v) is 4.77. The number of nitrogens with two attached hydrogens (primary N) is 1. The van der Waals surface area contributed by atoms with Crippen LogP contribution in [0.15, 0.2) is 12.1 Å². The maximum absolute atomic E-state index is 6.21. The monoisotopic (exact) mass is 291 g/mol. The molecular formula is C16H21NO4. The fraction of sp³-hybridized carbons (Fsp3) is 0.625. The van der Waals surface area contributed by atoms with Gasteiger partial charge in [-0.2, -0.15) is 0 Å². The number of hydrogen-bond donors (Lipinski definition) is 1. The smallest absolute Gasteiger partial charge is 0.172 e. The summed E-state index contributed by atoms with van der Waals surface area (Å²) in [5, 5.41) is 0. The van der Waals surface area contributed by atoms with Gasteiger partial charge in [0.15, 0.2) is 5.79 Å². The van der Waals surface area contributed by atoms with E-state index < -0.39 is 5.79 Å². The van der Waals surface area contributed by atoms with Crippen molar-refractivity contribution in [1.82, 2.24) is 0 Å². The quantitative estimate of drug-likeness (QED) is 0.848. The number of nitrogen functional groups attached to an aromatic ring is 1. The van der Waals surface area contributed by atoms with Gasteiger partial charge in [0.1, 0.15) is 23.3 Å². The van der Waals surface area contributed by atoms with Crippen molar-refractivity contribution >= 4 is 5.69 Å². The molecule has 1 saturated carbocycles. The standard InChI is InChI=1S/C16H21NO4/c1-2-18-12-4-3-11-10-5-6-16(19-7-8-20-16)9-13(10)21-15(11)14(12)17/h3-4,10,13H,2,5-9,17H2,1H3/t10-,13+/m0/s1. The van der Waals surface area contributed by atoms with E-state index in [1.165, 1.54) is 5.56 Å². The molecule has 4 rings (SSSR count). The van der Waals surface area contributed by atoms with Crippen LogP contribution in [0.25, 0.3) is 0 Å². The Bertz CT molecular complexity index is 553. The van der Waals surface area contributed by atoms with Crippen molar-refractivity contribution in [3.05, 3.63) is 17.7 Å². The minimum Gasteiger partial charge on any atom is -0.492 e. The van der Waals surface area contributed by atoms with Crippen LogP contribution >= 0.6 is 0 Å². The number of fused-ring (bicyclic) bond motifs is 3. The predicted molar refractivity (Wildman–Crippen MR) is 77.7 cm³/mol. The minimum absolute atomic E-state index is 0.0889. The van der Waals surface area contributed by atoms with Gasteiger partial charge in [-0.05, 0) is 19.4 Å². The average Bonchev–Trinajstić information content (AvgIpc) is 3.07. The van der Waals surface area contributed by atoms with E-state index in [2.05, 4.69) is 6.07 Å². The molecule has 1 aromatic rings. The van der Waals surface area contributed by atoms with E-state index in [9.17, 15) is 0 Å². The molecule has 21 heavy (non-hydrogen) atoms. The molecule has 114 valence electrons. The van der Waals surface area contributed by atoms with E-state index in [0.717, 1.165) is 25.0 Å². The van der Waals surface area contributed by atoms with Crippen LogP contribution < -0.4 is 15.2 Å². The molecule has 2 heterocycles. The van der Waals surface area contributed by atoms with Gasteiger partial charge < -0.3 is 24.7 Å². The van der Waals surface area contributed by atoms with Crippen LogP contribution in [0.2, 0.25) is 0 Å². The van der Waals surface area contributed by atoms with Gasteiger partial charge in [-0.1, -0.05) is 6.07 Å². The summed E-state index contributed by atoms with van der Waals surface area (Å²) in [5.74, 6) is 1.46. The summed E-state index contributed by atoms with van der Waals surface area (Å²) in [7, 11) is 0. The van der Waals surface area contributed by atoms with Gasteiger partial charge in [0.25, 0.3) is 0 Å². The highest BCUT2D eigenvalue weighted by Crippen LogP contribution is 2.53. The van der Waals surface area contributed by atoms with Crippen molar-refractivity contribution < 1.29 is 18.9 Å². The summed E-state index contributed by atoms with van der Waals surface area (Å²) in [6.45, 7) is 3.91. The zero-order valence-corrected chi connectivity index (χ0v) is 12.3. The maximum Gasteiger partial charge on any atom is 0.172 e. The third kappa shape index (κ3) is 1.99. The second kappa shape index (κ2) is 4.78. The van der Waals surface area contributed by atoms with Crippen molar-refractivity contribution in [3.8, 4) is 11.5 Å². The molecule has 1 aliphatic carbocycles. The Morgan fingerprint density at radius 3 is 2.90 bits per heavy atom. The van der Waals surface area contributed by atoms with Crippen molar-refractivity contribution in [2.45, 2.75) is 44.0 Å². The Labute approximate surface area is 124 Å². The van der Waals surface area contributed by atoms with Crippen LogP contribution in [0.5, 0.6) is 11.5 Å². The summed E-state index contributed by atoms with van der Waals surface area (Å²) in [6, 6.07) is 4.05. The molecule has 1 aromatic carbocycles. The van der Waals surface area contributed by atoms with E-state index in [0.29, 0.717) is 37.2 Å². The number of benzene rings is 1. The zero-order chi connectivity index (χ0) is 14.4. The Kier molecular flexibility index (Phi) is 3.01. The molecule has 3 aliphatic rings. The molecule has 0 radical (unpaired) electrons. The van der Waals surface area contributed by atoms with Crippen LogP contribution in [0, 0.1) is 0 Å². The van der Waals surface area contributed by atoms with E-state index in [1.54, 1.807) is 0 Å². The van der Waals surface area contributed by atoms with Gasteiger partial charge in [0.05, 0.1) is 19.8 Å². The molecule has 5 heteroatoms. The number of hydrogen-bond acceptors (Lipinski definition) is 5. The van der Waals surface area contributed by atoms with E-state index in [1.807, 2.05) is 13.0 Å². The Morgan fingerprint density at radius 1 is 1.33 bits per heavy atom. The van der Waals surface area contributed by atoms with Crippen LogP contribution in [-0.4, -0.2) is 31.7 Å². The highest BCUT2D eigenvalue weighted by molar-refractivity contribution is 5.68. The van der Waals surface area contributed by atoms with Crippen LogP contribution in [-0.2, 0) is 9.47 Å². The predicted octanol–water partition coefficient (Wildman–Crippen LogP) is 2.44. The van der Waals surface area contributed by atoms with Crippen molar-refractivity contribution in [2.75, 3.05) is 25.6 Å². The van der Waals surface area contributed by atoms with Crippen LogP contribution in [0.3, 0.4) is 0 Å². The van der Waals surface area contributed by atoms with Crippen LogP contribution in [0.4, 0.5) is 5.69 Å². The van der Waals surface area contributed by atoms with Crippen molar-refractivity contribution in [1.29, 1.82) is 0 Å². The molecule has 0 unspecified atom stereocenters. The van der Waals surface area contributed by atoms with Gasteiger partial charge in [0, 0.05) is 24.3 Å². The molecule has 0 amide bonds. The highest BCUT2D eigenvalue weighted by atomic mass is 16.7. The first kappa shape index (κ1) is 13.2. The SMILES string of the molecule is CCOc1ccc2c(c1N)O[C@@H]1CC3(CC[C@@H]21)OCCO3. The lowest BCUT2D eigenvalue weighted by atomic mass is 9.80. The average molecular weight is 291 g/mol. The van der Waals surface area contributed by atoms with Gasteiger partial charge in [-0.25, -0.2) is 0 Å². The molecular weight excluding hydrogens is 270 g/mol. The van der Waals surface area contributed by atoms with E-state index in [-0.39, 0.29) is 6.10 Å². The van der Waals surface area contributed by atoms with Gasteiger partial charge >= 0.3 is 0 Å². The third-order valence-electron chi connectivity index (χ3n) is 4.77. The number of anilines is 1. The van der Waals surface area contributed by atoms with Gasteiger partial charge in [0.2, 0.25) is 0 Å². The second-order valence-electron chi connectivity index (χ2n) is 5.94. The fourth-order valence-corrected chi connectivity index (χ4v) is 3.81. The Balaban J connectivity index is 1.62. The molecule has 0 aromatic heterocycles. The molecule has 2 aliphatic heterocycles. The lowest BCUT2D eigenvalue weighted by Gasteiger charge is -2.37. The molecule has 0 bridgehead atoms. The van der Waals surface area contributed by atoms with Crippen molar-refractivity contribution in [2.24, 2.45) is 0 Å². The maximum atomic E-state index is 6.21. The lowest BCUT2D eigenvalue weighted by Crippen LogP contribution is -2.42. The van der Waals surface area contributed by atoms with Gasteiger partial charge in [-0.3, -0.25) is 0 Å². The van der Waals surface area contributed by atoms with Crippen LogP contribution in [0.1, 0.15) is 37.7 Å². The lowest BCUT2D eigenvalue weighted by molar-refractivity contribution is -0.193. The fourth-order valence-electron chi connectivity index (χ4n) is 3.81. The topological polar surface area (TPSA) is 62.9 Å². The minimum atomic E-state index is -0.430. The highest BCUT2D eigenvalue weighted by Gasteiger charge is 2.50. The molecule has 1 spiro atoms. The molecule has 1 saturated heterocycles. The first-order chi connectivity index (χ1) is 10.2. The Morgan fingerprint density at radius 2 is 2.14 bits per heavy atom. The number of rotatable bonds is 2. The molecule has 2 N–H and O–H groups in total. The first-order valence-corrected chi connectivity index (χ1v) is 7.72. The largest absolute Gasteiger partial charge is 0.492 e. The normalized spacial score (nSPS) is 29.0. The second-order valence-corrected chi connectivity index (χ2v) is 5.94. The molecule has 2 fully saturated rings. The Hall–Kier alpha value is -1.46. The summed E-state index contributed by atoms with van der Waals surface area (Å²) in [5.41, 5.74) is 8.03. The molecule has 2 atom stereocenters. The zero-order valence-electron chi connectivity index (χ0n) is 12.3. The summed E-state index contributed by atoms with van der Waals surface area (Å²) < 4.78 is 23.4. The number of ether oxygens (including phenoxy) is 4. The van der Waals surface area contributed by atoms with E-state index in [4.69, 9.17) is 24.7 Å². The van der Waals surface area contributed by atoms with Gasteiger partial charge in [-0.15, -0.1) is 0 Å². The van der Waals surface area contributed by atoms with E-state index >= 15 is 0 Å².